The molecule has 7 nitrogen and oxygen atoms in total. The fourth-order valence-electron chi connectivity index (χ4n) is 3.15. The van der Waals surface area contributed by atoms with Gasteiger partial charge in [-0.1, -0.05) is 12.1 Å². The third-order valence-electron chi connectivity index (χ3n) is 4.50. The molecule has 3 rings (SSSR count). The molecule has 1 aliphatic heterocycles. The Kier molecular flexibility index (Phi) is 5.59. The molecule has 0 bridgehead atoms. The number of nitrogens with one attached hydrogen (secondary N) is 1. The summed E-state index contributed by atoms with van der Waals surface area (Å²) in [5.74, 6) is -0.145. The van der Waals surface area contributed by atoms with Crippen molar-refractivity contribution in [2.45, 2.75) is 19.8 Å². The molecule has 1 aromatic heterocycles. The lowest BCUT2D eigenvalue weighted by Gasteiger charge is -2.17. The second kappa shape index (κ2) is 8.07. The van der Waals surface area contributed by atoms with Crippen LogP contribution in [0, 0.1) is 0 Å². The van der Waals surface area contributed by atoms with Gasteiger partial charge in [-0.15, -0.1) is 0 Å². The second-order valence-electron chi connectivity index (χ2n) is 6.44. The Bertz CT molecular complexity index is 914. The number of ether oxygens (including phenoxy) is 1. The number of rotatable bonds is 5. The number of amides is 2. The molecule has 2 aromatic rings. The van der Waals surface area contributed by atoms with Crippen LogP contribution in [0.1, 0.15) is 40.5 Å². The fraction of sp³-hybridized carbons (Fsp3) is 0.350. The molecule has 0 saturated carbocycles. The van der Waals surface area contributed by atoms with Crippen molar-refractivity contribution in [1.29, 1.82) is 0 Å². The first kappa shape index (κ1) is 18.7. The molecule has 0 spiro atoms. The molecular weight excluding hydrogens is 346 g/mol. The van der Waals surface area contributed by atoms with Crippen LogP contribution in [0.3, 0.4) is 0 Å². The number of carbonyl (C=O) groups excluding carboxylic acids is 2. The summed E-state index contributed by atoms with van der Waals surface area (Å²) < 4.78 is 6.79. The van der Waals surface area contributed by atoms with Crippen LogP contribution in [0.2, 0.25) is 0 Å². The van der Waals surface area contributed by atoms with E-state index in [-0.39, 0.29) is 17.2 Å². The van der Waals surface area contributed by atoms with E-state index in [9.17, 15) is 14.4 Å². The molecule has 142 valence electrons. The average molecular weight is 369 g/mol. The molecule has 1 saturated heterocycles. The van der Waals surface area contributed by atoms with Gasteiger partial charge in [-0.2, -0.15) is 0 Å². The zero-order chi connectivity index (χ0) is 19.4. The van der Waals surface area contributed by atoms with E-state index in [1.165, 1.54) is 16.8 Å². The highest BCUT2D eigenvalue weighted by atomic mass is 16.5. The number of pyridine rings is 1. The summed E-state index contributed by atoms with van der Waals surface area (Å²) in [7, 11) is 1.56. The summed E-state index contributed by atoms with van der Waals surface area (Å²) in [6, 6.07) is 8.27. The molecule has 0 aliphatic carbocycles. The maximum Gasteiger partial charge on any atom is 0.274 e. The molecule has 0 unspecified atom stereocenters. The standard InChI is InChI=1S/C20H23N3O4/c1-3-27-17-9-5-4-8-15(17)18(24)21-16-12-14(13-22(2)20(16)26)19(25)23-10-6-7-11-23/h4-5,8-9,12-13H,3,6-7,10-11H2,1-2H3,(H,21,24). The molecule has 2 heterocycles. The van der Waals surface area contributed by atoms with Gasteiger partial charge < -0.3 is 19.5 Å². The minimum atomic E-state index is -0.457. The zero-order valence-electron chi connectivity index (χ0n) is 15.5. The molecule has 1 aliphatic rings. The molecule has 1 aromatic carbocycles. The first-order valence-corrected chi connectivity index (χ1v) is 9.04. The molecule has 2 amide bonds. The highest BCUT2D eigenvalue weighted by molar-refractivity contribution is 6.06. The van der Waals surface area contributed by atoms with Crippen LogP contribution in [0.5, 0.6) is 5.75 Å². The number of hydrogen-bond acceptors (Lipinski definition) is 4. The highest BCUT2D eigenvalue weighted by Gasteiger charge is 2.22. The van der Waals surface area contributed by atoms with Crippen LogP contribution in [-0.2, 0) is 7.05 Å². The Balaban J connectivity index is 1.89. The molecule has 0 atom stereocenters. The summed E-state index contributed by atoms with van der Waals surface area (Å²) >= 11 is 0. The first-order valence-electron chi connectivity index (χ1n) is 9.04. The fourth-order valence-corrected chi connectivity index (χ4v) is 3.15. The Hall–Kier alpha value is -3.09. The summed E-state index contributed by atoms with van der Waals surface area (Å²) in [6.45, 7) is 3.68. The molecule has 7 heteroatoms. The maximum atomic E-state index is 12.7. The van der Waals surface area contributed by atoms with Crippen molar-refractivity contribution in [2.24, 2.45) is 7.05 Å². The molecule has 1 N–H and O–H groups in total. The minimum absolute atomic E-state index is 0.0684. The summed E-state index contributed by atoms with van der Waals surface area (Å²) in [6.07, 6.45) is 3.47. The van der Waals surface area contributed by atoms with E-state index in [0.29, 0.717) is 36.6 Å². The van der Waals surface area contributed by atoms with E-state index in [0.717, 1.165) is 12.8 Å². The van der Waals surface area contributed by atoms with Crippen LogP contribution in [-0.4, -0.2) is 41.0 Å². The monoisotopic (exact) mass is 369 g/mol. The van der Waals surface area contributed by atoms with Crippen LogP contribution >= 0.6 is 0 Å². The largest absolute Gasteiger partial charge is 0.493 e. The van der Waals surface area contributed by atoms with Crippen LogP contribution in [0.15, 0.2) is 41.3 Å². The van der Waals surface area contributed by atoms with Crippen molar-refractivity contribution in [3.05, 3.63) is 58.0 Å². The van der Waals surface area contributed by atoms with E-state index in [2.05, 4.69) is 5.32 Å². The van der Waals surface area contributed by atoms with E-state index in [1.807, 2.05) is 6.92 Å². The summed E-state index contributed by atoms with van der Waals surface area (Å²) in [5, 5.41) is 2.63. The van der Waals surface area contributed by atoms with Gasteiger partial charge in [0.05, 0.1) is 17.7 Å². The molecule has 1 fully saturated rings. The molecule has 0 radical (unpaired) electrons. The van der Waals surface area contributed by atoms with Gasteiger partial charge in [0.15, 0.2) is 0 Å². The van der Waals surface area contributed by atoms with Gasteiger partial charge in [0.2, 0.25) is 0 Å². The van der Waals surface area contributed by atoms with Crippen LogP contribution in [0.25, 0.3) is 0 Å². The van der Waals surface area contributed by atoms with Gasteiger partial charge in [-0.25, -0.2) is 0 Å². The summed E-state index contributed by atoms with van der Waals surface area (Å²) in [4.78, 5) is 39.5. The van der Waals surface area contributed by atoms with Gasteiger partial charge >= 0.3 is 0 Å². The number of aryl methyl sites for hydroxylation is 1. The number of hydrogen-bond donors (Lipinski definition) is 1. The van der Waals surface area contributed by atoms with E-state index in [4.69, 9.17) is 4.74 Å². The number of likely N-dealkylation sites (tertiary alicyclic amines) is 1. The Morgan fingerprint density at radius 2 is 1.89 bits per heavy atom. The van der Waals surface area contributed by atoms with Gasteiger partial charge in [-0.3, -0.25) is 14.4 Å². The quantitative estimate of drug-likeness (QED) is 0.877. The molecular formula is C20H23N3O4. The van der Waals surface area contributed by atoms with Crippen molar-refractivity contribution in [2.75, 3.05) is 25.0 Å². The number of nitrogens with zero attached hydrogens (tertiary/aromatic N) is 2. The van der Waals surface area contributed by atoms with Gasteiger partial charge in [-0.05, 0) is 38.0 Å². The third-order valence-corrected chi connectivity index (χ3v) is 4.50. The predicted molar refractivity (Wildman–Crippen MR) is 102 cm³/mol. The lowest BCUT2D eigenvalue weighted by Crippen LogP contribution is -2.31. The van der Waals surface area contributed by atoms with Gasteiger partial charge in [0.25, 0.3) is 17.4 Å². The van der Waals surface area contributed by atoms with E-state index >= 15 is 0 Å². The zero-order valence-corrected chi connectivity index (χ0v) is 15.5. The maximum absolute atomic E-state index is 12.7. The van der Waals surface area contributed by atoms with Crippen LogP contribution in [0.4, 0.5) is 5.69 Å². The smallest absolute Gasteiger partial charge is 0.274 e. The lowest BCUT2D eigenvalue weighted by molar-refractivity contribution is 0.0791. The number of para-hydroxylation sites is 1. The number of benzene rings is 1. The predicted octanol–water partition coefficient (Wildman–Crippen LogP) is 2.27. The van der Waals surface area contributed by atoms with Crippen molar-refractivity contribution in [3.8, 4) is 5.75 Å². The minimum Gasteiger partial charge on any atom is -0.493 e. The van der Waals surface area contributed by atoms with Crippen molar-refractivity contribution >= 4 is 17.5 Å². The van der Waals surface area contributed by atoms with Gasteiger partial charge in [0.1, 0.15) is 11.4 Å². The Morgan fingerprint density at radius 3 is 2.59 bits per heavy atom. The van der Waals surface area contributed by atoms with Gasteiger partial charge in [0, 0.05) is 26.3 Å². The first-order chi connectivity index (χ1) is 13.0. The van der Waals surface area contributed by atoms with E-state index in [1.54, 1.807) is 36.2 Å². The van der Waals surface area contributed by atoms with Crippen molar-refractivity contribution in [3.63, 3.8) is 0 Å². The SMILES string of the molecule is CCOc1ccccc1C(=O)Nc1cc(C(=O)N2CCCC2)cn(C)c1=O. The number of carbonyl (C=O) groups is 2. The lowest BCUT2D eigenvalue weighted by atomic mass is 10.1. The summed E-state index contributed by atoms with van der Waals surface area (Å²) in [5.41, 5.74) is 0.402. The van der Waals surface area contributed by atoms with Crippen molar-refractivity contribution in [1.82, 2.24) is 9.47 Å². The Morgan fingerprint density at radius 1 is 1.19 bits per heavy atom. The highest BCUT2D eigenvalue weighted by Crippen LogP contribution is 2.20. The van der Waals surface area contributed by atoms with E-state index < -0.39 is 5.91 Å². The van der Waals surface area contributed by atoms with Crippen LogP contribution < -0.4 is 15.6 Å². The normalized spacial score (nSPS) is 13.5. The average Bonchev–Trinajstić information content (AvgIpc) is 3.20. The number of aromatic nitrogens is 1. The number of anilines is 1. The third kappa shape index (κ3) is 4.02. The topological polar surface area (TPSA) is 80.6 Å². The Labute approximate surface area is 157 Å². The van der Waals surface area contributed by atoms with Crippen molar-refractivity contribution < 1.29 is 14.3 Å². The molecule has 27 heavy (non-hydrogen) atoms. The second-order valence-corrected chi connectivity index (χ2v) is 6.44.